The lowest BCUT2D eigenvalue weighted by atomic mass is 10.1. The molecule has 9 nitrogen and oxygen atoms in total. The lowest BCUT2D eigenvalue weighted by Crippen LogP contribution is -2.53. The Labute approximate surface area is 197 Å². The Morgan fingerprint density at radius 3 is 2.58 bits per heavy atom. The second-order valence-electron chi connectivity index (χ2n) is 7.89. The van der Waals surface area contributed by atoms with Gasteiger partial charge in [-0.15, -0.1) is 0 Å². The van der Waals surface area contributed by atoms with Crippen molar-refractivity contribution in [1.82, 2.24) is 14.5 Å². The molecule has 176 valence electrons. The largest absolute Gasteiger partial charge is 0.479 e. The van der Waals surface area contributed by atoms with E-state index in [1.54, 1.807) is 11.8 Å². The van der Waals surface area contributed by atoms with Crippen molar-refractivity contribution in [2.24, 2.45) is 0 Å². The van der Waals surface area contributed by atoms with Gasteiger partial charge in [0.1, 0.15) is 10.6 Å². The number of nitrogens with zero attached hydrogens (tertiary/aromatic N) is 2. The number of halogens is 1. The third kappa shape index (κ3) is 5.07. The van der Waals surface area contributed by atoms with Crippen LogP contribution in [0.5, 0.6) is 5.75 Å². The minimum Gasteiger partial charge on any atom is -0.479 e. The van der Waals surface area contributed by atoms with Crippen molar-refractivity contribution in [3.05, 3.63) is 53.1 Å². The maximum atomic E-state index is 13.2. The van der Waals surface area contributed by atoms with Gasteiger partial charge in [-0.2, -0.15) is 4.31 Å². The maximum absolute atomic E-state index is 13.2. The molecule has 2 aromatic rings. The summed E-state index contributed by atoms with van der Waals surface area (Å²) in [7, 11) is -3.91. The van der Waals surface area contributed by atoms with E-state index in [1.165, 1.54) is 16.4 Å². The van der Waals surface area contributed by atoms with Crippen molar-refractivity contribution in [1.29, 1.82) is 0 Å². The van der Waals surface area contributed by atoms with Crippen LogP contribution in [-0.2, 0) is 21.2 Å². The summed E-state index contributed by atoms with van der Waals surface area (Å²) in [4.78, 5) is 25.8. The molecule has 0 aliphatic carbocycles. The number of piperazine rings is 1. The first-order chi connectivity index (χ1) is 15.8. The summed E-state index contributed by atoms with van der Waals surface area (Å²) in [6.45, 7) is 2.91. The van der Waals surface area contributed by atoms with Crippen molar-refractivity contribution in [3.63, 3.8) is 0 Å². The number of rotatable bonds is 5. The molecule has 2 aliphatic rings. The van der Waals surface area contributed by atoms with E-state index in [2.05, 4.69) is 10.6 Å². The van der Waals surface area contributed by atoms with Gasteiger partial charge in [0.05, 0.1) is 10.7 Å². The summed E-state index contributed by atoms with van der Waals surface area (Å²) >= 11 is 6.25. The standard InChI is InChI=1S/C22H25ClN4O5S/c1-15-21(28)25-18-13-17(23)20(14-19(18)32-15)33(30,31)27-11-9-26(10-12-27)22(29)24-8-7-16-5-3-2-4-6-16/h2-6,13-15H,7-12H2,1H3,(H,24,29)(H,25,28)/t15-/m0/s1. The Morgan fingerprint density at radius 2 is 1.88 bits per heavy atom. The molecule has 33 heavy (non-hydrogen) atoms. The van der Waals surface area contributed by atoms with Gasteiger partial charge < -0.3 is 20.3 Å². The molecule has 2 aromatic carbocycles. The molecule has 1 fully saturated rings. The van der Waals surface area contributed by atoms with Gasteiger partial charge in [0.25, 0.3) is 5.91 Å². The monoisotopic (exact) mass is 492 g/mol. The second kappa shape index (κ2) is 9.58. The van der Waals surface area contributed by atoms with Crippen LogP contribution in [0, 0.1) is 0 Å². The zero-order chi connectivity index (χ0) is 23.6. The fourth-order valence-electron chi connectivity index (χ4n) is 3.75. The summed E-state index contributed by atoms with van der Waals surface area (Å²) in [5.74, 6) is -0.0751. The second-order valence-corrected chi connectivity index (χ2v) is 10.2. The molecule has 0 radical (unpaired) electrons. The third-order valence-corrected chi connectivity index (χ3v) is 8.00. The van der Waals surface area contributed by atoms with Gasteiger partial charge in [0, 0.05) is 38.8 Å². The summed E-state index contributed by atoms with van der Waals surface area (Å²) < 4.78 is 33.3. The number of hydrogen-bond donors (Lipinski definition) is 2. The van der Waals surface area contributed by atoms with Crippen LogP contribution in [0.2, 0.25) is 5.02 Å². The molecule has 0 saturated carbocycles. The number of fused-ring (bicyclic) bond motifs is 1. The Balaban J connectivity index is 1.36. The van der Waals surface area contributed by atoms with Crippen LogP contribution >= 0.6 is 11.6 Å². The van der Waals surface area contributed by atoms with Crippen LogP contribution in [0.3, 0.4) is 0 Å². The predicted molar refractivity (Wildman–Crippen MR) is 124 cm³/mol. The highest BCUT2D eigenvalue weighted by Crippen LogP contribution is 2.38. The topological polar surface area (TPSA) is 108 Å². The van der Waals surface area contributed by atoms with Crippen LogP contribution < -0.4 is 15.4 Å². The normalized spacial score (nSPS) is 18.8. The highest BCUT2D eigenvalue weighted by molar-refractivity contribution is 7.89. The highest BCUT2D eigenvalue weighted by Gasteiger charge is 2.34. The van der Waals surface area contributed by atoms with E-state index >= 15 is 0 Å². The number of nitrogens with one attached hydrogen (secondary N) is 2. The number of amides is 3. The molecule has 0 aromatic heterocycles. The van der Waals surface area contributed by atoms with Gasteiger partial charge in [0.2, 0.25) is 10.0 Å². The van der Waals surface area contributed by atoms with Crippen LogP contribution in [0.15, 0.2) is 47.4 Å². The summed E-state index contributed by atoms with van der Waals surface area (Å²) in [5, 5.41) is 5.52. The Kier molecular flexibility index (Phi) is 6.78. The minimum absolute atomic E-state index is 0.00622. The summed E-state index contributed by atoms with van der Waals surface area (Å²) in [6.07, 6.45) is -0.0167. The van der Waals surface area contributed by atoms with Gasteiger partial charge >= 0.3 is 6.03 Å². The van der Waals surface area contributed by atoms with E-state index in [-0.39, 0.29) is 53.8 Å². The van der Waals surface area contributed by atoms with E-state index in [9.17, 15) is 18.0 Å². The smallest absolute Gasteiger partial charge is 0.317 e. The molecular weight excluding hydrogens is 468 g/mol. The number of ether oxygens (including phenoxy) is 1. The molecule has 0 unspecified atom stereocenters. The van der Waals surface area contributed by atoms with Crippen molar-refractivity contribution < 1.29 is 22.7 Å². The van der Waals surface area contributed by atoms with Gasteiger partial charge in [-0.05, 0) is 25.0 Å². The maximum Gasteiger partial charge on any atom is 0.317 e. The molecule has 1 atom stereocenters. The molecule has 4 rings (SSSR count). The quantitative estimate of drug-likeness (QED) is 0.666. The van der Waals surface area contributed by atoms with Gasteiger partial charge in [-0.1, -0.05) is 41.9 Å². The van der Waals surface area contributed by atoms with Crippen molar-refractivity contribution in [2.45, 2.75) is 24.3 Å². The van der Waals surface area contributed by atoms with Crippen molar-refractivity contribution in [3.8, 4) is 5.75 Å². The first kappa shape index (κ1) is 23.3. The van der Waals surface area contributed by atoms with Crippen LogP contribution in [-0.4, -0.2) is 68.4 Å². The van der Waals surface area contributed by atoms with Gasteiger partial charge in [-0.3, -0.25) is 4.79 Å². The number of carbonyl (C=O) groups excluding carboxylic acids is 2. The number of urea groups is 1. The Bertz CT molecular complexity index is 1150. The van der Waals surface area contributed by atoms with Gasteiger partial charge in [-0.25, -0.2) is 13.2 Å². The molecule has 1 saturated heterocycles. The Morgan fingerprint density at radius 1 is 1.18 bits per heavy atom. The lowest BCUT2D eigenvalue weighted by molar-refractivity contribution is -0.122. The molecule has 2 heterocycles. The summed E-state index contributed by atoms with van der Waals surface area (Å²) in [6, 6.07) is 12.4. The minimum atomic E-state index is -3.91. The zero-order valence-electron chi connectivity index (χ0n) is 18.1. The van der Waals surface area contributed by atoms with E-state index in [0.29, 0.717) is 12.2 Å². The molecule has 0 spiro atoms. The SMILES string of the molecule is C[C@@H]1Oc2cc(S(=O)(=O)N3CCN(C(=O)NCCc4ccccc4)CC3)c(Cl)cc2NC1=O. The molecule has 0 bridgehead atoms. The average Bonchev–Trinajstić information content (AvgIpc) is 2.80. The van der Waals surface area contributed by atoms with Crippen LogP contribution in [0.25, 0.3) is 0 Å². The number of anilines is 1. The zero-order valence-corrected chi connectivity index (χ0v) is 19.7. The Hall–Kier alpha value is -2.82. The highest BCUT2D eigenvalue weighted by atomic mass is 35.5. The van der Waals surface area contributed by atoms with Crippen LogP contribution in [0.1, 0.15) is 12.5 Å². The van der Waals surface area contributed by atoms with Crippen molar-refractivity contribution in [2.75, 3.05) is 38.0 Å². The van der Waals surface area contributed by atoms with Crippen LogP contribution in [0.4, 0.5) is 10.5 Å². The first-order valence-electron chi connectivity index (χ1n) is 10.6. The van der Waals surface area contributed by atoms with E-state index in [0.717, 1.165) is 12.0 Å². The first-order valence-corrected chi connectivity index (χ1v) is 12.5. The number of sulfonamides is 1. The molecule has 2 N–H and O–H groups in total. The van der Waals surface area contributed by atoms with Crippen molar-refractivity contribution >= 4 is 39.2 Å². The third-order valence-electron chi connectivity index (χ3n) is 5.64. The lowest BCUT2D eigenvalue weighted by Gasteiger charge is -2.34. The predicted octanol–water partition coefficient (Wildman–Crippen LogP) is 2.32. The van der Waals surface area contributed by atoms with E-state index in [1.807, 2.05) is 30.3 Å². The fourth-order valence-corrected chi connectivity index (χ4v) is 5.69. The molecular formula is C22H25ClN4O5S. The van der Waals surface area contributed by atoms with E-state index < -0.39 is 16.1 Å². The number of carbonyl (C=O) groups is 2. The molecule has 11 heteroatoms. The van der Waals surface area contributed by atoms with E-state index in [4.69, 9.17) is 16.3 Å². The number of benzene rings is 2. The summed E-state index contributed by atoms with van der Waals surface area (Å²) in [5.41, 5.74) is 1.47. The van der Waals surface area contributed by atoms with Gasteiger partial charge in [0.15, 0.2) is 6.10 Å². The average molecular weight is 493 g/mol. The number of hydrogen-bond acceptors (Lipinski definition) is 5. The molecule has 2 aliphatic heterocycles. The fraction of sp³-hybridized carbons (Fsp3) is 0.364. The molecule has 3 amide bonds.